The molecule has 1 fully saturated rings. The highest BCUT2D eigenvalue weighted by molar-refractivity contribution is 6.23. The summed E-state index contributed by atoms with van der Waals surface area (Å²) >= 11 is 0. The molecule has 36 heavy (non-hydrogen) atoms. The van der Waals surface area contributed by atoms with Crippen LogP contribution in [-0.4, -0.2) is 77.1 Å². The van der Waals surface area contributed by atoms with Crippen molar-refractivity contribution in [3.05, 3.63) is 69.3 Å². The van der Waals surface area contributed by atoms with Gasteiger partial charge in [-0.3, -0.25) is 34.3 Å². The molecule has 1 saturated heterocycles. The third kappa shape index (κ3) is 5.95. The SMILES string of the molecule is CN1CCN(Cc2ccc(NC(=O)CCCCCN3C(=O)c4cccc([N+](=O)[O-])c4C3=O)cc2)CC1. The fraction of sp³-hybridized carbons (Fsp3) is 0.423. The van der Waals surface area contributed by atoms with Gasteiger partial charge in [-0.15, -0.1) is 0 Å². The fourth-order valence-electron chi connectivity index (χ4n) is 4.58. The fourth-order valence-corrected chi connectivity index (χ4v) is 4.58. The van der Waals surface area contributed by atoms with Crippen molar-refractivity contribution >= 4 is 29.1 Å². The first-order valence-corrected chi connectivity index (χ1v) is 12.3. The first-order valence-electron chi connectivity index (χ1n) is 12.3. The average molecular weight is 494 g/mol. The quantitative estimate of drug-likeness (QED) is 0.234. The van der Waals surface area contributed by atoms with Gasteiger partial charge in [0.1, 0.15) is 5.56 Å². The van der Waals surface area contributed by atoms with E-state index in [1.807, 2.05) is 24.3 Å². The summed E-state index contributed by atoms with van der Waals surface area (Å²) in [4.78, 5) is 53.8. The third-order valence-corrected chi connectivity index (χ3v) is 6.70. The van der Waals surface area contributed by atoms with E-state index >= 15 is 0 Å². The minimum Gasteiger partial charge on any atom is -0.326 e. The zero-order chi connectivity index (χ0) is 25.7. The minimum absolute atomic E-state index is 0.0723. The number of nitro groups is 1. The van der Waals surface area contributed by atoms with Crippen molar-refractivity contribution in [2.45, 2.75) is 32.2 Å². The first kappa shape index (κ1) is 25.5. The van der Waals surface area contributed by atoms with Gasteiger partial charge in [0.05, 0.1) is 10.5 Å². The lowest BCUT2D eigenvalue weighted by atomic mass is 10.1. The molecule has 0 aromatic heterocycles. The molecule has 10 heteroatoms. The van der Waals surface area contributed by atoms with E-state index in [-0.39, 0.29) is 29.3 Å². The van der Waals surface area contributed by atoms with Crippen molar-refractivity contribution in [1.82, 2.24) is 14.7 Å². The van der Waals surface area contributed by atoms with Crippen molar-refractivity contribution in [3.63, 3.8) is 0 Å². The molecule has 0 spiro atoms. The largest absolute Gasteiger partial charge is 0.326 e. The van der Waals surface area contributed by atoms with Crippen LogP contribution in [0.5, 0.6) is 0 Å². The van der Waals surface area contributed by atoms with Gasteiger partial charge in [0.25, 0.3) is 17.5 Å². The second-order valence-electron chi connectivity index (χ2n) is 9.35. The molecule has 190 valence electrons. The number of nitrogens with one attached hydrogen (secondary N) is 1. The maximum atomic E-state index is 12.6. The van der Waals surface area contributed by atoms with Gasteiger partial charge < -0.3 is 10.2 Å². The Kier molecular flexibility index (Phi) is 8.07. The molecule has 0 saturated carbocycles. The number of benzene rings is 2. The third-order valence-electron chi connectivity index (χ3n) is 6.70. The number of rotatable bonds is 10. The number of nitro benzene ring substituents is 1. The number of hydrogen-bond acceptors (Lipinski definition) is 7. The number of imide groups is 1. The molecule has 2 aliphatic rings. The molecular weight excluding hydrogens is 462 g/mol. The summed E-state index contributed by atoms with van der Waals surface area (Å²) in [6.07, 6.45) is 2.10. The maximum absolute atomic E-state index is 12.6. The highest BCUT2D eigenvalue weighted by Gasteiger charge is 2.40. The Morgan fingerprint density at radius 1 is 0.972 bits per heavy atom. The second-order valence-corrected chi connectivity index (χ2v) is 9.35. The lowest BCUT2D eigenvalue weighted by Crippen LogP contribution is -2.43. The van der Waals surface area contributed by atoms with Gasteiger partial charge in [-0.25, -0.2) is 0 Å². The van der Waals surface area contributed by atoms with Gasteiger partial charge in [-0.1, -0.05) is 24.6 Å². The van der Waals surface area contributed by atoms with Crippen LogP contribution < -0.4 is 5.32 Å². The normalized spacial score (nSPS) is 16.3. The Morgan fingerprint density at radius 3 is 2.39 bits per heavy atom. The van der Waals surface area contributed by atoms with Crippen LogP contribution in [0.15, 0.2) is 42.5 Å². The molecule has 2 aliphatic heterocycles. The van der Waals surface area contributed by atoms with Crippen LogP contribution in [0.2, 0.25) is 0 Å². The molecule has 3 amide bonds. The van der Waals surface area contributed by atoms with Gasteiger partial charge in [-0.2, -0.15) is 0 Å². The molecule has 4 rings (SSSR count). The Labute approximate surface area is 210 Å². The van der Waals surface area contributed by atoms with E-state index in [1.54, 1.807) is 0 Å². The topological polar surface area (TPSA) is 116 Å². The number of piperazine rings is 1. The number of unbranched alkanes of at least 4 members (excludes halogenated alkanes) is 2. The lowest BCUT2D eigenvalue weighted by Gasteiger charge is -2.32. The zero-order valence-corrected chi connectivity index (χ0v) is 20.4. The monoisotopic (exact) mass is 493 g/mol. The van der Waals surface area contributed by atoms with Crippen LogP contribution in [0.3, 0.4) is 0 Å². The molecule has 0 unspecified atom stereocenters. The number of carbonyl (C=O) groups is 3. The van der Waals surface area contributed by atoms with Crippen molar-refractivity contribution < 1.29 is 19.3 Å². The molecule has 10 nitrogen and oxygen atoms in total. The van der Waals surface area contributed by atoms with Crippen LogP contribution in [0.25, 0.3) is 0 Å². The van der Waals surface area contributed by atoms with Crippen LogP contribution in [0, 0.1) is 10.1 Å². The molecule has 0 atom stereocenters. The number of likely N-dealkylation sites (N-methyl/N-ethyl adjacent to an activating group) is 1. The van der Waals surface area contributed by atoms with Crippen LogP contribution in [0.4, 0.5) is 11.4 Å². The Morgan fingerprint density at radius 2 is 1.69 bits per heavy atom. The molecule has 2 aromatic carbocycles. The van der Waals surface area contributed by atoms with E-state index in [4.69, 9.17) is 0 Å². The molecule has 2 heterocycles. The summed E-state index contributed by atoms with van der Waals surface area (Å²) in [6, 6.07) is 12.0. The second kappa shape index (κ2) is 11.4. The van der Waals surface area contributed by atoms with Crippen molar-refractivity contribution in [3.8, 4) is 0 Å². The number of fused-ring (bicyclic) bond motifs is 1. The summed E-state index contributed by atoms with van der Waals surface area (Å²) in [6.45, 7) is 5.34. The highest BCUT2D eigenvalue weighted by atomic mass is 16.6. The van der Waals surface area contributed by atoms with E-state index < -0.39 is 16.7 Å². The summed E-state index contributed by atoms with van der Waals surface area (Å²) in [5.41, 5.74) is 1.56. The van der Waals surface area contributed by atoms with Crippen molar-refractivity contribution in [1.29, 1.82) is 0 Å². The number of hydrogen-bond donors (Lipinski definition) is 1. The Balaban J connectivity index is 1.17. The van der Waals surface area contributed by atoms with Crippen molar-refractivity contribution in [2.24, 2.45) is 0 Å². The molecular formula is C26H31N5O5. The van der Waals surface area contributed by atoms with Crippen molar-refractivity contribution in [2.75, 3.05) is 45.1 Å². The predicted molar refractivity (Wildman–Crippen MR) is 135 cm³/mol. The summed E-state index contributed by atoms with van der Waals surface area (Å²) in [5, 5.41) is 14.1. The van der Waals surface area contributed by atoms with E-state index in [9.17, 15) is 24.5 Å². The number of nitrogens with zero attached hydrogens (tertiary/aromatic N) is 4. The molecule has 0 aliphatic carbocycles. The molecule has 0 bridgehead atoms. The van der Waals surface area contributed by atoms with Gasteiger partial charge in [0, 0.05) is 57.4 Å². The Hall–Kier alpha value is -3.63. The summed E-state index contributed by atoms with van der Waals surface area (Å²) in [7, 11) is 2.14. The van der Waals surface area contributed by atoms with E-state index in [2.05, 4.69) is 22.2 Å². The van der Waals surface area contributed by atoms with E-state index in [0.29, 0.717) is 25.7 Å². The number of anilines is 1. The zero-order valence-electron chi connectivity index (χ0n) is 20.4. The van der Waals surface area contributed by atoms with E-state index in [1.165, 1.54) is 23.8 Å². The van der Waals surface area contributed by atoms with Gasteiger partial charge in [-0.05, 0) is 43.7 Å². The summed E-state index contributed by atoms with van der Waals surface area (Å²) in [5.74, 6) is -1.22. The van der Waals surface area contributed by atoms with Crippen LogP contribution in [-0.2, 0) is 11.3 Å². The lowest BCUT2D eigenvalue weighted by molar-refractivity contribution is -0.385. The molecule has 2 aromatic rings. The van der Waals surface area contributed by atoms with Crippen LogP contribution >= 0.6 is 0 Å². The minimum atomic E-state index is -0.646. The maximum Gasteiger partial charge on any atom is 0.282 e. The smallest absolute Gasteiger partial charge is 0.282 e. The van der Waals surface area contributed by atoms with Gasteiger partial charge >= 0.3 is 0 Å². The standard InChI is InChI=1S/C26H31N5O5/c1-28-14-16-29(17-15-28)18-19-9-11-20(12-10-19)27-23(32)8-3-2-4-13-30-25(33)21-6-5-7-22(31(35)36)24(21)26(30)34/h5-7,9-12H,2-4,8,13-18H2,1H3,(H,27,32). The summed E-state index contributed by atoms with van der Waals surface area (Å²) < 4.78 is 0. The van der Waals surface area contributed by atoms with Crippen LogP contribution in [0.1, 0.15) is 52.0 Å². The first-order chi connectivity index (χ1) is 17.3. The highest BCUT2D eigenvalue weighted by Crippen LogP contribution is 2.30. The molecule has 0 radical (unpaired) electrons. The molecule has 1 N–H and O–H groups in total. The average Bonchev–Trinajstić information content (AvgIpc) is 3.11. The van der Waals surface area contributed by atoms with Gasteiger partial charge in [0.15, 0.2) is 0 Å². The van der Waals surface area contributed by atoms with E-state index in [0.717, 1.165) is 43.3 Å². The Bertz CT molecular complexity index is 1140. The number of carbonyl (C=O) groups excluding carboxylic acids is 3. The number of amides is 3. The predicted octanol–water partition coefficient (Wildman–Crippen LogP) is 3.14. The van der Waals surface area contributed by atoms with Gasteiger partial charge in [0.2, 0.25) is 5.91 Å².